The smallest absolute Gasteiger partial charge is 0.271 e. The summed E-state index contributed by atoms with van der Waals surface area (Å²) in [5.74, 6) is 1.60. The monoisotopic (exact) mass is 432 g/mol. The van der Waals surface area contributed by atoms with Crippen LogP contribution in [0.5, 0.6) is 0 Å². The number of benzene rings is 1. The molecule has 7 heteroatoms. The minimum absolute atomic E-state index is 0.0896. The van der Waals surface area contributed by atoms with Gasteiger partial charge in [-0.2, -0.15) is 5.10 Å². The van der Waals surface area contributed by atoms with Crippen molar-refractivity contribution in [3.63, 3.8) is 0 Å². The van der Waals surface area contributed by atoms with Crippen molar-refractivity contribution in [1.29, 1.82) is 0 Å². The van der Waals surface area contributed by atoms with Crippen LogP contribution in [0, 0.1) is 5.92 Å². The molecule has 0 radical (unpaired) electrons. The molecule has 1 atom stereocenters. The van der Waals surface area contributed by atoms with Crippen LogP contribution in [0.1, 0.15) is 65.6 Å². The Labute approximate surface area is 189 Å². The molecule has 1 N–H and O–H groups in total. The highest BCUT2D eigenvalue weighted by molar-refractivity contribution is 5.92. The zero-order chi connectivity index (χ0) is 21.9. The fraction of sp³-hybridized carbons (Fsp3) is 0.480. The Morgan fingerprint density at radius 3 is 2.66 bits per heavy atom. The number of rotatable bonds is 6. The van der Waals surface area contributed by atoms with Gasteiger partial charge in [-0.15, -0.1) is 0 Å². The highest BCUT2D eigenvalue weighted by atomic mass is 16.1. The maximum Gasteiger partial charge on any atom is 0.271 e. The molecule has 1 aliphatic heterocycles. The van der Waals surface area contributed by atoms with Gasteiger partial charge in [0.15, 0.2) is 0 Å². The van der Waals surface area contributed by atoms with Gasteiger partial charge in [-0.05, 0) is 24.3 Å². The van der Waals surface area contributed by atoms with Gasteiger partial charge >= 0.3 is 0 Å². The summed E-state index contributed by atoms with van der Waals surface area (Å²) in [5.41, 5.74) is 2.71. The third-order valence-electron chi connectivity index (χ3n) is 6.82. The van der Waals surface area contributed by atoms with Crippen LogP contribution in [0.25, 0.3) is 0 Å². The van der Waals surface area contributed by atoms with Crippen LogP contribution in [0.3, 0.4) is 0 Å². The second-order valence-corrected chi connectivity index (χ2v) is 9.19. The second-order valence-electron chi connectivity index (χ2n) is 9.19. The molecule has 5 rings (SSSR count). The van der Waals surface area contributed by atoms with E-state index in [2.05, 4.69) is 50.2 Å². The summed E-state index contributed by atoms with van der Waals surface area (Å²) in [6.07, 6.45) is 12.3. The van der Waals surface area contributed by atoms with Gasteiger partial charge < -0.3 is 9.88 Å². The zero-order valence-electron chi connectivity index (χ0n) is 18.8. The van der Waals surface area contributed by atoms with Crippen LogP contribution in [-0.2, 0) is 20.1 Å². The van der Waals surface area contributed by atoms with Crippen molar-refractivity contribution < 1.29 is 4.79 Å². The van der Waals surface area contributed by atoms with Crippen LogP contribution in [0.2, 0.25) is 0 Å². The first kappa shape index (κ1) is 20.9. The van der Waals surface area contributed by atoms with Gasteiger partial charge in [0, 0.05) is 51.2 Å². The lowest BCUT2D eigenvalue weighted by atomic mass is 9.88. The fourth-order valence-corrected chi connectivity index (χ4v) is 5.19. The van der Waals surface area contributed by atoms with E-state index in [1.807, 2.05) is 19.4 Å². The summed E-state index contributed by atoms with van der Waals surface area (Å²) in [5, 5.41) is 7.15. The van der Waals surface area contributed by atoms with Crippen molar-refractivity contribution in [2.24, 2.45) is 13.0 Å². The van der Waals surface area contributed by atoms with Crippen molar-refractivity contribution in [3.8, 4) is 0 Å². The number of imidazole rings is 1. The molecular weight excluding hydrogens is 400 g/mol. The SMILES string of the molecule is Cn1cc(CNC(=O)c2cn3c(n2)C(c2ccccc2)N(CC2CCCCC2)CC3)cn1. The molecule has 32 heavy (non-hydrogen) atoms. The highest BCUT2D eigenvalue weighted by Gasteiger charge is 2.33. The Morgan fingerprint density at radius 2 is 1.91 bits per heavy atom. The lowest BCUT2D eigenvalue weighted by Crippen LogP contribution is -2.41. The van der Waals surface area contributed by atoms with Crippen LogP contribution in [0.15, 0.2) is 48.9 Å². The van der Waals surface area contributed by atoms with Crippen molar-refractivity contribution in [1.82, 2.24) is 29.5 Å². The summed E-state index contributed by atoms with van der Waals surface area (Å²) >= 11 is 0. The normalized spacial score (nSPS) is 19.6. The molecular formula is C25H32N6O. The Balaban J connectivity index is 1.37. The van der Waals surface area contributed by atoms with E-state index in [9.17, 15) is 4.79 Å². The molecule has 0 spiro atoms. The first-order valence-corrected chi connectivity index (χ1v) is 11.8. The van der Waals surface area contributed by atoms with Gasteiger partial charge in [-0.25, -0.2) is 4.98 Å². The van der Waals surface area contributed by atoms with Crippen LogP contribution in [-0.4, -0.2) is 43.2 Å². The number of aromatic nitrogens is 4. The summed E-state index contributed by atoms with van der Waals surface area (Å²) in [7, 11) is 1.87. The average Bonchev–Trinajstić information content (AvgIpc) is 3.44. The second kappa shape index (κ2) is 9.28. The number of hydrogen-bond acceptors (Lipinski definition) is 4. The van der Waals surface area contributed by atoms with Gasteiger partial charge in [-0.3, -0.25) is 14.4 Å². The molecule has 3 heterocycles. The van der Waals surface area contributed by atoms with E-state index < -0.39 is 0 Å². The molecule has 2 aliphatic rings. The van der Waals surface area contributed by atoms with Gasteiger partial charge in [0.25, 0.3) is 5.91 Å². The fourth-order valence-electron chi connectivity index (χ4n) is 5.19. The third-order valence-corrected chi connectivity index (χ3v) is 6.82. The molecule has 7 nitrogen and oxygen atoms in total. The van der Waals surface area contributed by atoms with E-state index in [1.54, 1.807) is 10.9 Å². The quantitative estimate of drug-likeness (QED) is 0.647. The summed E-state index contributed by atoms with van der Waals surface area (Å²) in [4.78, 5) is 20.3. The van der Waals surface area contributed by atoms with Crippen molar-refractivity contribution in [3.05, 3.63) is 71.6 Å². The van der Waals surface area contributed by atoms with Crippen molar-refractivity contribution in [2.45, 2.75) is 51.2 Å². The molecule has 1 unspecified atom stereocenters. The Morgan fingerprint density at radius 1 is 1.09 bits per heavy atom. The van der Waals surface area contributed by atoms with Crippen LogP contribution < -0.4 is 5.32 Å². The van der Waals surface area contributed by atoms with E-state index >= 15 is 0 Å². The molecule has 0 saturated heterocycles. The van der Waals surface area contributed by atoms with Gasteiger partial charge in [0.1, 0.15) is 11.5 Å². The zero-order valence-corrected chi connectivity index (χ0v) is 18.8. The molecule has 1 fully saturated rings. The van der Waals surface area contributed by atoms with E-state index in [1.165, 1.54) is 37.7 Å². The number of amides is 1. The number of aryl methyl sites for hydroxylation is 1. The molecule has 0 bridgehead atoms. The van der Waals surface area contributed by atoms with Gasteiger partial charge in [-0.1, -0.05) is 49.6 Å². The number of hydrogen-bond donors (Lipinski definition) is 1. The summed E-state index contributed by atoms with van der Waals surface area (Å²) in [6, 6.07) is 10.7. The first-order valence-electron chi connectivity index (χ1n) is 11.8. The van der Waals surface area contributed by atoms with Crippen molar-refractivity contribution in [2.75, 3.05) is 13.1 Å². The van der Waals surface area contributed by atoms with E-state index in [0.29, 0.717) is 12.2 Å². The lowest BCUT2D eigenvalue weighted by molar-refractivity contribution is 0.0946. The maximum atomic E-state index is 12.9. The largest absolute Gasteiger partial charge is 0.346 e. The van der Waals surface area contributed by atoms with Gasteiger partial charge in [0.2, 0.25) is 0 Å². The minimum Gasteiger partial charge on any atom is -0.346 e. The first-order chi connectivity index (χ1) is 15.7. The number of nitrogens with zero attached hydrogens (tertiary/aromatic N) is 5. The molecule has 1 aliphatic carbocycles. The van der Waals surface area contributed by atoms with E-state index in [0.717, 1.165) is 36.9 Å². The third kappa shape index (κ3) is 4.48. The van der Waals surface area contributed by atoms with Crippen LogP contribution in [0.4, 0.5) is 0 Å². The average molecular weight is 433 g/mol. The lowest BCUT2D eigenvalue weighted by Gasteiger charge is -2.39. The van der Waals surface area contributed by atoms with Gasteiger partial charge in [0.05, 0.1) is 12.2 Å². The predicted octanol–water partition coefficient (Wildman–Crippen LogP) is 3.53. The molecule has 2 aromatic heterocycles. The molecule has 168 valence electrons. The summed E-state index contributed by atoms with van der Waals surface area (Å²) < 4.78 is 3.91. The highest BCUT2D eigenvalue weighted by Crippen LogP contribution is 2.34. The molecule has 3 aromatic rings. The molecule has 1 amide bonds. The van der Waals surface area contributed by atoms with Crippen LogP contribution >= 0.6 is 0 Å². The number of carbonyl (C=O) groups is 1. The number of fused-ring (bicyclic) bond motifs is 1. The Bertz CT molecular complexity index is 1050. The minimum atomic E-state index is -0.138. The Kier molecular flexibility index (Phi) is 6.08. The maximum absolute atomic E-state index is 12.9. The number of nitrogens with one attached hydrogen (secondary N) is 1. The topological polar surface area (TPSA) is 68.0 Å². The van der Waals surface area contributed by atoms with E-state index in [-0.39, 0.29) is 11.9 Å². The van der Waals surface area contributed by atoms with E-state index in [4.69, 9.17) is 4.98 Å². The van der Waals surface area contributed by atoms with Crippen molar-refractivity contribution >= 4 is 5.91 Å². The predicted molar refractivity (Wildman–Crippen MR) is 123 cm³/mol. The molecule has 1 aromatic carbocycles. The standard InChI is InChI=1S/C25H32N6O/c1-29-16-20(15-27-29)14-26-25(32)22-18-31-13-12-30(17-19-8-4-2-5-9-19)23(24(31)28-22)21-10-6-3-7-11-21/h3,6-7,10-11,15-16,18-19,23H,2,4-5,8-9,12-14,17H2,1H3,(H,26,32). The summed E-state index contributed by atoms with van der Waals surface area (Å²) in [6.45, 7) is 3.41. The molecule has 1 saturated carbocycles. The Hall–Kier alpha value is -2.93. The number of carbonyl (C=O) groups excluding carboxylic acids is 1.